The van der Waals surface area contributed by atoms with Crippen molar-refractivity contribution < 1.29 is 0 Å². The number of rotatable bonds is 5. The van der Waals surface area contributed by atoms with Gasteiger partial charge in [0.15, 0.2) is 0 Å². The van der Waals surface area contributed by atoms with Gasteiger partial charge in [0.1, 0.15) is 5.82 Å². The molecule has 3 nitrogen and oxygen atoms in total. The van der Waals surface area contributed by atoms with Gasteiger partial charge in [0.25, 0.3) is 0 Å². The standard InChI is InChI=1S/C18H25N3/c1-3-10-19-17(18-20-11-12-21(18)2)16-9-8-14-6-4-5-7-15(14)13-16/h4-7,11-12,16-17,19H,3,8-10,13H2,1-2H3. The average Bonchev–Trinajstić information content (AvgIpc) is 2.94. The minimum Gasteiger partial charge on any atom is -0.337 e. The first-order chi connectivity index (χ1) is 10.3. The summed E-state index contributed by atoms with van der Waals surface area (Å²) in [6.07, 6.45) is 8.70. The maximum Gasteiger partial charge on any atom is 0.125 e. The van der Waals surface area contributed by atoms with Crippen molar-refractivity contribution in [2.75, 3.05) is 6.54 Å². The zero-order valence-corrected chi connectivity index (χ0v) is 13.0. The summed E-state index contributed by atoms with van der Waals surface area (Å²) in [6, 6.07) is 9.25. The number of benzene rings is 1. The van der Waals surface area contributed by atoms with Gasteiger partial charge in [-0.05, 0) is 49.3 Å². The summed E-state index contributed by atoms with van der Waals surface area (Å²) < 4.78 is 2.16. The summed E-state index contributed by atoms with van der Waals surface area (Å²) in [7, 11) is 2.10. The molecule has 0 aliphatic heterocycles. The van der Waals surface area contributed by atoms with Gasteiger partial charge >= 0.3 is 0 Å². The lowest BCUT2D eigenvalue weighted by Crippen LogP contribution is -2.34. The van der Waals surface area contributed by atoms with E-state index in [0.29, 0.717) is 12.0 Å². The third-order valence-corrected chi connectivity index (χ3v) is 4.61. The number of aromatic nitrogens is 2. The van der Waals surface area contributed by atoms with E-state index in [0.717, 1.165) is 19.4 Å². The number of aryl methyl sites for hydroxylation is 2. The summed E-state index contributed by atoms with van der Waals surface area (Å²) >= 11 is 0. The molecule has 3 rings (SSSR count). The van der Waals surface area contributed by atoms with Crippen LogP contribution in [0.5, 0.6) is 0 Å². The van der Waals surface area contributed by atoms with E-state index in [2.05, 4.69) is 53.1 Å². The van der Waals surface area contributed by atoms with Crippen LogP contribution >= 0.6 is 0 Å². The van der Waals surface area contributed by atoms with E-state index in [1.54, 1.807) is 0 Å². The molecule has 2 atom stereocenters. The maximum absolute atomic E-state index is 4.60. The SMILES string of the molecule is CCCNC(c1nccn1C)C1CCc2ccccc2C1. The molecule has 1 aromatic heterocycles. The van der Waals surface area contributed by atoms with Crippen molar-refractivity contribution in [1.29, 1.82) is 0 Å². The van der Waals surface area contributed by atoms with Crippen LogP contribution in [0.4, 0.5) is 0 Å². The lowest BCUT2D eigenvalue weighted by molar-refractivity contribution is 0.310. The van der Waals surface area contributed by atoms with Crippen LogP contribution in [0.2, 0.25) is 0 Å². The molecule has 0 bridgehead atoms. The Labute approximate surface area is 127 Å². The van der Waals surface area contributed by atoms with Gasteiger partial charge in [-0.3, -0.25) is 0 Å². The summed E-state index contributed by atoms with van der Waals surface area (Å²) in [6.45, 7) is 3.27. The van der Waals surface area contributed by atoms with Gasteiger partial charge in [-0.25, -0.2) is 4.98 Å². The van der Waals surface area contributed by atoms with E-state index in [1.165, 1.54) is 29.8 Å². The van der Waals surface area contributed by atoms with E-state index in [4.69, 9.17) is 0 Å². The first-order valence-electron chi connectivity index (χ1n) is 8.07. The lowest BCUT2D eigenvalue weighted by atomic mass is 9.79. The number of nitrogens with zero attached hydrogens (tertiary/aromatic N) is 2. The molecule has 2 unspecified atom stereocenters. The minimum atomic E-state index is 0.360. The van der Waals surface area contributed by atoms with Gasteiger partial charge in [0.2, 0.25) is 0 Å². The average molecular weight is 283 g/mol. The van der Waals surface area contributed by atoms with Gasteiger partial charge in [-0.2, -0.15) is 0 Å². The van der Waals surface area contributed by atoms with Crippen LogP contribution in [-0.4, -0.2) is 16.1 Å². The van der Waals surface area contributed by atoms with Gasteiger partial charge in [0.05, 0.1) is 6.04 Å². The normalized spacial score (nSPS) is 19.2. The van der Waals surface area contributed by atoms with Crippen LogP contribution in [0.1, 0.15) is 42.8 Å². The Bertz CT molecular complexity index is 588. The Balaban J connectivity index is 1.83. The van der Waals surface area contributed by atoms with E-state index in [1.807, 2.05) is 12.4 Å². The Kier molecular flexibility index (Phi) is 4.39. The Hall–Kier alpha value is -1.61. The molecule has 21 heavy (non-hydrogen) atoms. The highest BCUT2D eigenvalue weighted by Crippen LogP contribution is 2.33. The highest BCUT2D eigenvalue weighted by Gasteiger charge is 2.29. The summed E-state index contributed by atoms with van der Waals surface area (Å²) in [5.74, 6) is 1.81. The van der Waals surface area contributed by atoms with Crippen LogP contribution < -0.4 is 5.32 Å². The highest BCUT2D eigenvalue weighted by molar-refractivity contribution is 5.30. The molecule has 0 fully saturated rings. The number of hydrogen-bond acceptors (Lipinski definition) is 2. The zero-order chi connectivity index (χ0) is 14.7. The molecular formula is C18H25N3. The second-order valence-corrected chi connectivity index (χ2v) is 6.10. The van der Waals surface area contributed by atoms with Crippen molar-refractivity contribution in [3.05, 3.63) is 53.6 Å². The number of imidazole rings is 1. The van der Waals surface area contributed by atoms with Gasteiger partial charge < -0.3 is 9.88 Å². The van der Waals surface area contributed by atoms with Crippen molar-refractivity contribution in [2.24, 2.45) is 13.0 Å². The molecule has 0 saturated carbocycles. The summed E-state index contributed by atoms with van der Waals surface area (Å²) in [5, 5.41) is 3.73. The van der Waals surface area contributed by atoms with Crippen molar-refractivity contribution in [2.45, 2.75) is 38.6 Å². The summed E-state index contributed by atoms with van der Waals surface area (Å²) in [4.78, 5) is 4.60. The molecule has 1 aromatic carbocycles. The van der Waals surface area contributed by atoms with Crippen LogP contribution in [0.15, 0.2) is 36.7 Å². The van der Waals surface area contributed by atoms with Crippen molar-refractivity contribution in [3.8, 4) is 0 Å². The van der Waals surface area contributed by atoms with Crippen LogP contribution in [0.25, 0.3) is 0 Å². The summed E-state index contributed by atoms with van der Waals surface area (Å²) in [5.41, 5.74) is 3.05. The predicted octanol–water partition coefficient (Wildman–Crippen LogP) is 3.27. The topological polar surface area (TPSA) is 29.9 Å². The Morgan fingerprint density at radius 3 is 2.86 bits per heavy atom. The van der Waals surface area contributed by atoms with E-state index in [-0.39, 0.29) is 0 Å². The largest absolute Gasteiger partial charge is 0.337 e. The van der Waals surface area contributed by atoms with Gasteiger partial charge in [-0.15, -0.1) is 0 Å². The Morgan fingerprint density at radius 1 is 1.33 bits per heavy atom. The minimum absolute atomic E-state index is 0.360. The van der Waals surface area contributed by atoms with Crippen molar-refractivity contribution in [1.82, 2.24) is 14.9 Å². The third-order valence-electron chi connectivity index (χ3n) is 4.61. The number of hydrogen-bond donors (Lipinski definition) is 1. The molecule has 0 amide bonds. The van der Waals surface area contributed by atoms with E-state index >= 15 is 0 Å². The fourth-order valence-electron chi connectivity index (χ4n) is 3.46. The second kappa shape index (κ2) is 6.44. The fourth-order valence-corrected chi connectivity index (χ4v) is 3.46. The smallest absolute Gasteiger partial charge is 0.125 e. The molecule has 1 heterocycles. The quantitative estimate of drug-likeness (QED) is 0.912. The molecule has 1 N–H and O–H groups in total. The van der Waals surface area contributed by atoms with E-state index < -0.39 is 0 Å². The first-order valence-corrected chi connectivity index (χ1v) is 8.07. The molecule has 1 aliphatic carbocycles. The zero-order valence-electron chi connectivity index (χ0n) is 13.0. The number of fused-ring (bicyclic) bond motifs is 1. The molecule has 0 radical (unpaired) electrons. The molecule has 2 aromatic rings. The molecule has 112 valence electrons. The molecule has 3 heteroatoms. The highest BCUT2D eigenvalue weighted by atomic mass is 15.1. The first kappa shape index (κ1) is 14.3. The van der Waals surface area contributed by atoms with Crippen molar-refractivity contribution >= 4 is 0 Å². The fraction of sp³-hybridized carbons (Fsp3) is 0.500. The molecule has 1 aliphatic rings. The third kappa shape index (κ3) is 3.03. The molecule has 0 saturated heterocycles. The number of nitrogens with one attached hydrogen (secondary N) is 1. The predicted molar refractivity (Wildman–Crippen MR) is 86.2 cm³/mol. The second-order valence-electron chi connectivity index (χ2n) is 6.10. The Morgan fingerprint density at radius 2 is 2.14 bits per heavy atom. The van der Waals surface area contributed by atoms with Crippen LogP contribution in [-0.2, 0) is 19.9 Å². The monoisotopic (exact) mass is 283 g/mol. The van der Waals surface area contributed by atoms with E-state index in [9.17, 15) is 0 Å². The van der Waals surface area contributed by atoms with Crippen LogP contribution in [0, 0.1) is 5.92 Å². The maximum atomic E-state index is 4.60. The van der Waals surface area contributed by atoms with Gasteiger partial charge in [0, 0.05) is 19.4 Å². The molecular weight excluding hydrogens is 258 g/mol. The van der Waals surface area contributed by atoms with Crippen molar-refractivity contribution in [3.63, 3.8) is 0 Å². The van der Waals surface area contributed by atoms with Gasteiger partial charge in [-0.1, -0.05) is 31.2 Å². The lowest BCUT2D eigenvalue weighted by Gasteiger charge is -2.32. The molecule has 0 spiro atoms. The van der Waals surface area contributed by atoms with Crippen LogP contribution in [0.3, 0.4) is 0 Å².